The van der Waals surface area contributed by atoms with E-state index < -0.39 is 0 Å². The minimum absolute atomic E-state index is 1.28. The van der Waals surface area contributed by atoms with Crippen LogP contribution in [0.1, 0.15) is 37.3 Å². The lowest BCUT2D eigenvalue weighted by molar-refractivity contribution is 0.717. The summed E-state index contributed by atoms with van der Waals surface area (Å²) >= 11 is 1.82. The third-order valence-electron chi connectivity index (χ3n) is 2.01. The second-order valence-corrected chi connectivity index (χ2v) is 3.78. The van der Waals surface area contributed by atoms with Crippen molar-refractivity contribution >= 4 is 11.3 Å². The van der Waals surface area contributed by atoms with Gasteiger partial charge in [0.25, 0.3) is 0 Å². The van der Waals surface area contributed by atoms with E-state index in [2.05, 4.69) is 24.6 Å². The molecule has 11 heavy (non-hydrogen) atoms. The van der Waals surface area contributed by atoms with E-state index in [1.807, 2.05) is 11.3 Å². The van der Waals surface area contributed by atoms with Crippen molar-refractivity contribution in [2.24, 2.45) is 0 Å². The van der Waals surface area contributed by atoms with Crippen molar-refractivity contribution < 1.29 is 0 Å². The summed E-state index contributed by atoms with van der Waals surface area (Å²) < 4.78 is 0. The molecule has 1 heterocycles. The SMILES string of the molecule is CCCCCc1cscc1C. The fraction of sp³-hybridized carbons (Fsp3) is 0.600. The predicted molar refractivity (Wildman–Crippen MR) is 52.3 cm³/mol. The molecule has 0 bridgehead atoms. The molecule has 0 N–H and O–H groups in total. The number of rotatable bonds is 4. The summed E-state index contributed by atoms with van der Waals surface area (Å²) in [5, 5.41) is 4.52. The average Bonchev–Trinajstić information content (AvgIpc) is 2.37. The van der Waals surface area contributed by atoms with E-state index in [0.717, 1.165) is 0 Å². The Hall–Kier alpha value is -0.300. The van der Waals surface area contributed by atoms with E-state index in [1.165, 1.54) is 31.2 Å². The largest absolute Gasteiger partial charge is 0.152 e. The maximum absolute atomic E-state index is 2.28. The van der Waals surface area contributed by atoms with Gasteiger partial charge in [-0.1, -0.05) is 19.8 Å². The molecule has 0 aromatic carbocycles. The van der Waals surface area contributed by atoms with E-state index in [0.29, 0.717) is 0 Å². The van der Waals surface area contributed by atoms with Gasteiger partial charge in [0.05, 0.1) is 0 Å². The summed E-state index contributed by atoms with van der Waals surface area (Å²) in [4.78, 5) is 0. The van der Waals surface area contributed by atoms with E-state index in [-0.39, 0.29) is 0 Å². The van der Waals surface area contributed by atoms with Crippen LogP contribution in [0.2, 0.25) is 0 Å². The minimum atomic E-state index is 1.28. The summed E-state index contributed by atoms with van der Waals surface area (Å²) in [7, 11) is 0. The highest BCUT2D eigenvalue weighted by Crippen LogP contribution is 2.16. The van der Waals surface area contributed by atoms with Crippen molar-refractivity contribution in [3.8, 4) is 0 Å². The third kappa shape index (κ3) is 2.66. The Morgan fingerprint density at radius 3 is 2.64 bits per heavy atom. The molecule has 0 nitrogen and oxygen atoms in total. The maximum atomic E-state index is 2.28. The Morgan fingerprint density at radius 2 is 2.09 bits per heavy atom. The molecular weight excluding hydrogens is 152 g/mol. The molecule has 0 amide bonds. The molecule has 1 rings (SSSR count). The molecule has 1 aromatic rings. The third-order valence-corrected chi connectivity index (χ3v) is 2.92. The van der Waals surface area contributed by atoms with Gasteiger partial charge in [-0.25, -0.2) is 0 Å². The summed E-state index contributed by atoms with van der Waals surface area (Å²) in [5.74, 6) is 0. The van der Waals surface area contributed by atoms with Gasteiger partial charge in [-0.15, -0.1) is 0 Å². The van der Waals surface area contributed by atoms with Crippen LogP contribution in [0.15, 0.2) is 10.8 Å². The van der Waals surface area contributed by atoms with Crippen LogP contribution < -0.4 is 0 Å². The molecule has 0 aliphatic carbocycles. The van der Waals surface area contributed by atoms with Crippen LogP contribution >= 0.6 is 11.3 Å². The second-order valence-electron chi connectivity index (χ2n) is 3.04. The molecule has 0 saturated heterocycles. The van der Waals surface area contributed by atoms with Crippen molar-refractivity contribution in [1.82, 2.24) is 0 Å². The summed E-state index contributed by atoms with van der Waals surface area (Å²) in [5.41, 5.74) is 3.04. The van der Waals surface area contributed by atoms with Gasteiger partial charge in [0.15, 0.2) is 0 Å². The molecule has 0 aliphatic heterocycles. The van der Waals surface area contributed by atoms with Gasteiger partial charge in [-0.05, 0) is 41.7 Å². The first kappa shape index (κ1) is 8.79. The lowest BCUT2D eigenvalue weighted by Crippen LogP contribution is -1.84. The highest BCUT2D eigenvalue weighted by Gasteiger charge is 1.97. The second kappa shape index (κ2) is 4.55. The zero-order valence-corrected chi connectivity index (χ0v) is 8.21. The van der Waals surface area contributed by atoms with Crippen molar-refractivity contribution in [2.75, 3.05) is 0 Å². The van der Waals surface area contributed by atoms with E-state index >= 15 is 0 Å². The van der Waals surface area contributed by atoms with Crippen molar-refractivity contribution in [2.45, 2.75) is 39.5 Å². The van der Waals surface area contributed by atoms with Gasteiger partial charge in [-0.3, -0.25) is 0 Å². The van der Waals surface area contributed by atoms with Crippen LogP contribution in [0, 0.1) is 6.92 Å². The highest BCUT2D eigenvalue weighted by atomic mass is 32.1. The number of unbranched alkanes of at least 4 members (excludes halogenated alkanes) is 2. The summed E-state index contributed by atoms with van der Waals surface area (Å²) in [6.45, 7) is 4.46. The zero-order chi connectivity index (χ0) is 8.10. The Labute approximate surface area is 73.3 Å². The van der Waals surface area contributed by atoms with Crippen molar-refractivity contribution in [3.05, 3.63) is 21.9 Å². The van der Waals surface area contributed by atoms with E-state index in [9.17, 15) is 0 Å². The van der Waals surface area contributed by atoms with Crippen LogP contribution in [-0.4, -0.2) is 0 Å². The van der Waals surface area contributed by atoms with Crippen LogP contribution in [0.3, 0.4) is 0 Å². The first-order chi connectivity index (χ1) is 5.34. The fourth-order valence-corrected chi connectivity index (χ4v) is 2.10. The quantitative estimate of drug-likeness (QED) is 0.600. The number of hydrogen-bond acceptors (Lipinski definition) is 1. The highest BCUT2D eigenvalue weighted by molar-refractivity contribution is 7.08. The molecule has 62 valence electrons. The molecule has 0 unspecified atom stereocenters. The minimum Gasteiger partial charge on any atom is -0.152 e. The molecule has 1 heteroatoms. The number of hydrogen-bond donors (Lipinski definition) is 0. The molecular formula is C10H16S. The zero-order valence-electron chi connectivity index (χ0n) is 7.39. The van der Waals surface area contributed by atoms with E-state index in [4.69, 9.17) is 0 Å². The Morgan fingerprint density at radius 1 is 1.27 bits per heavy atom. The van der Waals surface area contributed by atoms with Crippen LogP contribution in [0.4, 0.5) is 0 Å². The summed E-state index contributed by atoms with van der Waals surface area (Å²) in [6.07, 6.45) is 5.33. The lowest BCUT2D eigenvalue weighted by atomic mass is 10.1. The fourth-order valence-electron chi connectivity index (χ4n) is 1.21. The van der Waals surface area contributed by atoms with Crippen LogP contribution in [0.5, 0.6) is 0 Å². The smallest absolute Gasteiger partial charge is 0.00585 e. The molecule has 0 aliphatic rings. The van der Waals surface area contributed by atoms with Gasteiger partial charge >= 0.3 is 0 Å². The van der Waals surface area contributed by atoms with Gasteiger partial charge in [0, 0.05) is 0 Å². The Balaban J connectivity index is 2.32. The topological polar surface area (TPSA) is 0 Å². The predicted octanol–water partition coefficient (Wildman–Crippen LogP) is 3.79. The standard InChI is InChI=1S/C10H16S/c1-3-4-5-6-10-8-11-7-9(10)2/h7-8H,3-6H2,1-2H3. The molecule has 0 saturated carbocycles. The van der Waals surface area contributed by atoms with Gasteiger partial charge in [0.2, 0.25) is 0 Å². The lowest BCUT2D eigenvalue weighted by Gasteiger charge is -1.97. The Kier molecular flexibility index (Phi) is 3.64. The first-order valence-corrected chi connectivity index (χ1v) is 5.30. The van der Waals surface area contributed by atoms with Gasteiger partial charge in [0.1, 0.15) is 0 Å². The molecule has 0 fully saturated rings. The Bertz CT molecular complexity index is 200. The molecule has 0 atom stereocenters. The molecule has 1 aromatic heterocycles. The summed E-state index contributed by atoms with van der Waals surface area (Å²) in [6, 6.07) is 0. The van der Waals surface area contributed by atoms with Gasteiger partial charge < -0.3 is 0 Å². The van der Waals surface area contributed by atoms with Crippen LogP contribution in [0.25, 0.3) is 0 Å². The maximum Gasteiger partial charge on any atom is -0.00585 e. The van der Waals surface area contributed by atoms with E-state index in [1.54, 1.807) is 5.56 Å². The average molecular weight is 168 g/mol. The van der Waals surface area contributed by atoms with Crippen LogP contribution in [-0.2, 0) is 6.42 Å². The van der Waals surface area contributed by atoms with Crippen molar-refractivity contribution in [3.63, 3.8) is 0 Å². The number of aryl methyl sites for hydroxylation is 2. The normalized spacial score (nSPS) is 10.4. The van der Waals surface area contributed by atoms with Crippen molar-refractivity contribution in [1.29, 1.82) is 0 Å². The number of thiophene rings is 1. The molecule has 0 spiro atoms. The monoisotopic (exact) mass is 168 g/mol. The molecule has 0 radical (unpaired) electrons. The first-order valence-electron chi connectivity index (χ1n) is 4.36. The van der Waals surface area contributed by atoms with Gasteiger partial charge in [-0.2, -0.15) is 11.3 Å².